The molecule has 0 amide bonds. The van der Waals surface area contributed by atoms with Crippen LogP contribution in [0.4, 0.5) is 23.5 Å². The van der Waals surface area contributed by atoms with Gasteiger partial charge in [-0.1, -0.05) is 47.0 Å². The third-order valence-corrected chi connectivity index (χ3v) is 7.36. The van der Waals surface area contributed by atoms with Crippen molar-refractivity contribution >= 4 is 73.1 Å². The average Bonchev–Trinajstić information content (AvgIpc) is 2.97. The first-order valence-corrected chi connectivity index (χ1v) is 17.0. The van der Waals surface area contributed by atoms with Gasteiger partial charge < -0.3 is 36.7 Å². The number of nitrogens with two attached hydrogens (primary N) is 2. The van der Waals surface area contributed by atoms with Gasteiger partial charge in [0.1, 0.15) is 0 Å². The molecule has 0 bridgehead atoms. The lowest BCUT2D eigenvalue weighted by molar-refractivity contribution is 0.399. The number of unbranched alkanes of at least 4 members (excludes halogenated alkanes) is 2. The van der Waals surface area contributed by atoms with E-state index in [1.54, 1.807) is 32.9 Å². The summed E-state index contributed by atoms with van der Waals surface area (Å²) in [7, 11) is 3.40. The molecule has 0 saturated heterocycles. The van der Waals surface area contributed by atoms with E-state index in [0.29, 0.717) is 34.9 Å². The van der Waals surface area contributed by atoms with E-state index < -0.39 is 10.8 Å². The molecule has 0 aromatic carbocycles. The molecule has 260 valence electrons. The topological polar surface area (TPSA) is 183 Å². The van der Waals surface area contributed by atoms with E-state index in [0.717, 1.165) is 51.4 Å². The van der Waals surface area contributed by atoms with Crippen LogP contribution in [-0.4, -0.2) is 86.7 Å². The maximum absolute atomic E-state index is 11.3. The molecule has 44 heavy (non-hydrogen) atoms. The number of thioether (sulfide) groups is 1. The lowest BCUT2D eigenvalue weighted by Gasteiger charge is -2.20. The lowest BCUT2D eigenvalue weighted by atomic mass is 10.1. The Labute approximate surface area is 286 Å². The molecule has 0 aliphatic carbocycles. The summed E-state index contributed by atoms with van der Waals surface area (Å²) in [4.78, 5) is 16.2. The number of hydrogen-bond acceptors (Lipinski definition) is 13. The maximum Gasteiger partial charge on any atom is 0.222 e. The molecule has 7 N–H and O–H groups in total. The van der Waals surface area contributed by atoms with E-state index in [4.69, 9.17) is 26.0 Å². The normalized spacial score (nSPS) is 11.6. The standard InChI is InChI=1S/C13H24N4O2S.C13H24N4OS.CH4O.CH4.2H2S/c1-4-5-6-10(7-8-20(3)18)16-12-11(19-2)9-15-13(14)17-12;1-4-5-6-10(7-8-19-3)16-12-11(18-2)9-15-13(14)17-12;1-2;;;/h9-10H,4-8H2,1-3H3,(H3,14,15,16,17);9-10H,4-8H2,1-3H3,(H3,14,15,16,17);2H,1H3;1H4;2*1H2/t10-,20?;10-;;;;/m00..../s1. The van der Waals surface area contributed by atoms with Crippen molar-refractivity contribution in [3.63, 3.8) is 0 Å². The monoisotopic (exact) mass is 700 g/mol. The van der Waals surface area contributed by atoms with E-state index in [9.17, 15) is 4.21 Å². The number of aliphatic hydroxyl groups excluding tert-OH is 1. The fourth-order valence-corrected chi connectivity index (χ4v) is 4.84. The Morgan fingerprint density at radius 3 is 1.61 bits per heavy atom. The molecule has 0 radical (unpaired) electrons. The van der Waals surface area contributed by atoms with Crippen molar-refractivity contribution in [1.82, 2.24) is 19.9 Å². The minimum absolute atomic E-state index is 0. The first-order chi connectivity index (χ1) is 19.8. The third-order valence-electron chi connectivity index (χ3n) is 5.91. The van der Waals surface area contributed by atoms with Gasteiger partial charge in [0.25, 0.3) is 0 Å². The van der Waals surface area contributed by atoms with Crippen LogP contribution in [0.25, 0.3) is 0 Å². The van der Waals surface area contributed by atoms with Gasteiger partial charge in [0.2, 0.25) is 11.9 Å². The van der Waals surface area contributed by atoms with Gasteiger partial charge >= 0.3 is 0 Å². The van der Waals surface area contributed by atoms with Crippen LogP contribution in [0, 0.1) is 0 Å². The number of rotatable bonds is 18. The first-order valence-electron chi connectivity index (χ1n) is 13.9. The Bertz CT molecular complexity index is 975. The fourth-order valence-electron chi connectivity index (χ4n) is 3.71. The number of anilines is 4. The predicted molar refractivity (Wildman–Crippen MR) is 202 cm³/mol. The Balaban J connectivity index is -0.000000323. The number of methoxy groups -OCH3 is 2. The van der Waals surface area contributed by atoms with E-state index in [2.05, 4.69) is 50.7 Å². The van der Waals surface area contributed by atoms with Crippen LogP contribution in [0.3, 0.4) is 0 Å². The lowest BCUT2D eigenvalue weighted by Crippen LogP contribution is -2.23. The van der Waals surface area contributed by atoms with Crippen molar-refractivity contribution in [1.29, 1.82) is 0 Å². The fraction of sp³-hybridized carbons (Fsp3) is 0.714. The highest BCUT2D eigenvalue weighted by molar-refractivity contribution is 7.98. The third kappa shape index (κ3) is 21.8. The van der Waals surface area contributed by atoms with Gasteiger partial charge in [0.05, 0.1) is 26.6 Å². The van der Waals surface area contributed by atoms with Crippen molar-refractivity contribution in [2.75, 3.05) is 67.4 Å². The zero-order valence-electron chi connectivity index (χ0n) is 26.8. The molecule has 2 aromatic rings. The van der Waals surface area contributed by atoms with Crippen LogP contribution in [0.15, 0.2) is 12.4 Å². The van der Waals surface area contributed by atoms with Crippen LogP contribution in [0.1, 0.15) is 72.6 Å². The van der Waals surface area contributed by atoms with Crippen LogP contribution in [-0.2, 0) is 10.8 Å². The Morgan fingerprint density at radius 1 is 0.864 bits per heavy atom. The highest BCUT2D eigenvalue weighted by Crippen LogP contribution is 2.25. The molecular formula is C28H60N8O4S4. The number of aliphatic hydroxyl groups is 1. The number of ether oxygens (including phenoxy) is 2. The van der Waals surface area contributed by atoms with E-state index in [-0.39, 0.29) is 52.4 Å². The van der Waals surface area contributed by atoms with Crippen molar-refractivity contribution in [3.8, 4) is 11.5 Å². The van der Waals surface area contributed by atoms with Crippen molar-refractivity contribution in [2.45, 2.75) is 84.7 Å². The van der Waals surface area contributed by atoms with Crippen molar-refractivity contribution in [3.05, 3.63) is 12.4 Å². The quantitative estimate of drug-likeness (QED) is 0.139. The zero-order valence-corrected chi connectivity index (χ0v) is 30.4. The number of nitrogens with one attached hydrogen (secondary N) is 2. The number of nitrogens with zero attached hydrogens (tertiary/aromatic N) is 4. The molecule has 12 nitrogen and oxygen atoms in total. The van der Waals surface area contributed by atoms with Gasteiger partial charge in [-0.05, 0) is 37.7 Å². The highest BCUT2D eigenvalue weighted by Gasteiger charge is 2.15. The number of aromatic nitrogens is 4. The second-order valence-corrected chi connectivity index (χ2v) is 11.6. The van der Waals surface area contributed by atoms with Gasteiger partial charge in [0, 0.05) is 42.0 Å². The van der Waals surface area contributed by atoms with Gasteiger partial charge in [-0.2, -0.15) is 48.7 Å². The summed E-state index contributed by atoms with van der Waals surface area (Å²) in [5.74, 6) is 4.77. The van der Waals surface area contributed by atoms with Gasteiger partial charge in [-0.3, -0.25) is 4.21 Å². The predicted octanol–water partition coefficient (Wildman–Crippen LogP) is 5.07. The number of nitrogen functional groups attached to an aromatic ring is 2. The molecule has 2 rings (SSSR count). The van der Waals surface area contributed by atoms with Crippen LogP contribution >= 0.6 is 38.8 Å². The molecule has 0 fully saturated rings. The van der Waals surface area contributed by atoms with Crippen molar-refractivity contribution < 1.29 is 18.8 Å². The van der Waals surface area contributed by atoms with Crippen molar-refractivity contribution in [2.24, 2.45) is 0 Å². The average molecular weight is 701 g/mol. The second-order valence-electron chi connectivity index (χ2n) is 9.10. The maximum atomic E-state index is 11.3. The summed E-state index contributed by atoms with van der Waals surface area (Å²) in [5, 5.41) is 13.8. The molecule has 3 atom stereocenters. The molecule has 16 heteroatoms. The first kappa shape index (κ1) is 49.0. The summed E-state index contributed by atoms with van der Waals surface area (Å²) in [6.45, 7) is 4.35. The smallest absolute Gasteiger partial charge is 0.222 e. The summed E-state index contributed by atoms with van der Waals surface area (Å²) < 4.78 is 21.8. The van der Waals surface area contributed by atoms with Gasteiger partial charge in [0.15, 0.2) is 23.1 Å². The van der Waals surface area contributed by atoms with Crippen LogP contribution < -0.4 is 31.6 Å². The Hall–Kier alpha value is -1.88. The molecule has 2 aromatic heterocycles. The van der Waals surface area contributed by atoms with Crippen LogP contribution in [0.2, 0.25) is 0 Å². The summed E-state index contributed by atoms with van der Waals surface area (Å²) in [6.07, 6.45) is 15.7. The molecule has 0 saturated carbocycles. The molecule has 0 aliphatic heterocycles. The molecular weight excluding hydrogens is 641 g/mol. The molecule has 0 aliphatic rings. The summed E-state index contributed by atoms with van der Waals surface area (Å²) in [6, 6.07) is 0.609. The Kier molecular flexibility index (Phi) is 34.7. The minimum atomic E-state index is -0.790. The second kappa shape index (κ2) is 31.1. The van der Waals surface area contributed by atoms with E-state index in [1.807, 2.05) is 11.8 Å². The highest BCUT2D eigenvalue weighted by atomic mass is 32.2. The van der Waals surface area contributed by atoms with E-state index >= 15 is 0 Å². The Morgan fingerprint density at radius 2 is 1.27 bits per heavy atom. The largest absolute Gasteiger partial charge is 0.491 e. The SMILES string of the molecule is C.CCCC[C@@H](CCS(C)=O)Nc1nc(N)ncc1OC.CCCC[C@@H](CCSC)Nc1nc(N)ncc1OC.CO.S.S. The van der Waals surface area contributed by atoms with Gasteiger partial charge in [-0.15, -0.1) is 0 Å². The molecule has 2 heterocycles. The molecule has 1 unspecified atom stereocenters. The van der Waals surface area contributed by atoms with E-state index in [1.165, 1.54) is 12.8 Å². The summed E-state index contributed by atoms with van der Waals surface area (Å²) >= 11 is 1.86. The van der Waals surface area contributed by atoms with Crippen LogP contribution in [0.5, 0.6) is 11.5 Å². The molecule has 0 spiro atoms. The minimum Gasteiger partial charge on any atom is -0.491 e. The number of hydrogen-bond donors (Lipinski definition) is 5. The summed E-state index contributed by atoms with van der Waals surface area (Å²) in [5.41, 5.74) is 11.3. The van der Waals surface area contributed by atoms with Gasteiger partial charge in [-0.25, -0.2) is 9.97 Å². The zero-order chi connectivity index (χ0) is 31.0.